The van der Waals surface area contributed by atoms with Gasteiger partial charge in [-0.05, 0) is 48.9 Å². The van der Waals surface area contributed by atoms with Crippen molar-refractivity contribution in [2.24, 2.45) is 0 Å². The molecule has 0 aliphatic carbocycles. The van der Waals surface area contributed by atoms with Crippen LogP contribution < -0.4 is 4.74 Å². The third-order valence-corrected chi connectivity index (χ3v) is 3.19. The molecule has 0 radical (unpaired) electrons. The van der Waals surface area contributed by atoms with E-state index in [9.17, 15) is 9.59 Å². The van der Waals surface area contributed by atoms with Gasteiger partial charge in [-0.15, -0.1) is 0 Å². The number of ketones is 1. The first-order chi connectivity index (χ1) is 11.1. The molecule has 0 aromatic heterocycles. The van der Waals surface area contributed by atoms with Crippen LogP contribution in [-0.4, -0.2) is 30.1 Å². The van der Waals surface area contributed by atoms with Gasteiger partial charge >= 0.3 is 5.97 Å². The van der Waals surface area contributed by atoms with Gasteiger partial charge in [-0.1, -0.05) is 12.1 Å². The summed E-state index contributed by atoms with van der Waals surface area (Å²) < 4.78 is 10.3. The number of rotatable bonds is 7. The second-order valence-corrected chi connectivity index (χ2v) is 4.81. The highest BCUT2D eigenvalue weighted by Crippen LogP contribution is 2.13. The quantitative estimate of drug-likeness (QED) is 0.628. The van der Waals surface area contributed by atoms with E-state index < -0.39 is 5.97 Å². The monoisotopic (exact) mass is 314 g/mol. The molecule has 0 spiro atoms. The number of aliphatic hydroxyl groups excluding tert-OH is 1. The molecule has 0 bridgehead atoms. The van der Waals surface area contributed by atoms with Crippen LogP contribution in [0.2, 0.25) is 0 Å². The number of esters is 1. The Morgan fingerprint density at radius 1 is 0.957 bits per heavy atom. The zero-order valence-electron chi connectivity index (χ0n) is 12.8. The molecule has 0 saturated carbocycles. The lowest BCUT2D eigenvalue weighted by atomic mass is 10.1. The van der Waals surface area contributed by atoms with Gasteiger partial charge in [-0.2, -0.15) is 0 Å². The topological polar surface area (TPSA) is 72.8 Å². The minimum Gasteiger partial charge on any atom is -0.494 e. The Labute approximate surface area is 134 Å². The summed E-state index contributed by atoms with van der Waals surface area (Å²) in [6.45, 7) is 2.02. The van der Waals surface area contributed by atoms with E-state index >= 15 is 0 Å². The van der Waals surface area contributed by atoms with Gasteiger partial charge in [0.2, 0.25) is 0 Å². The lowest BCUT2D eigenvalue weighted by molar-refractivity contribution is 0.0474. The molecular weight excluding hydrogens is 296 g/mol. The molecule has 0 aliphatic heterocycles. The molecule has 120 valence electrons. The van der Waals surface area contributed by atoms with Gasteiger partial charge in [0, 0.05) is 5.56 Å². The normalized spacial score (nSPS) is 10.2. The van der Waals surface area contributed by atoms with Crippen molar-refractivity contribution >= 4 is 11.8 Å². The average molecular weight is 314 g/mol. The molecule has 0 atom stereocenters. The van der Waals surface area contributed by atoms with Gasteiger partial charge in [-0.3, -0.25) is 4.79 Å². The van der Waals surface area contributed by atoms with E-state index in [0.717, 1.165) is 0 Å². The first-order valence-electron chi connectivity index (χ1n) is 7.27. The number of hydrogen-bond acceptors (Lipinski definition) is 5. The van der Waals surface area contributed by atoms with Crippen molar-refractivity contribution in [1.29, 1.82) is 0 Å². The number of ether oxygens (including phenoxy) is 2. The molecule has 2 rings (SSSR count). The van der Waals surface area contributed by atoms with Crippen LogP contribution in [0.1, 0.15) is 33.2 Å². The highest BCUT2D eigenvalue weighted by Gasteiger charge is 2.12. The smallest absolute Gasteiger partial charge is 0.338 e. The minimum absolute atomic E-state index is 0.0917. The van der Waals surface area contributed by atoms with E-state index in [0.29, 0.717) is 29.0 Å². The van der Waals surface area contributed by atoms with Gasteiger partial charge in [0.05, 0.1) is 18.8 Å². The summed E-state index contributed by atoms with van der Waals surface area (Å²) in [6.07, 6.45) is 0. The second kappa shape index (κ2) is 8.10. The summed E-state index contributed by atoms with van der Waals surface area (Å²) in [6, 6.07) is 13.0. The molecule has 0 saturated heterocycles. The fourth-order valence-electron chi connectivity index (χ4n) is 1.95. The summed E-state index contributed by atoms with van der Waals surface area (Å²) in [5.41, 5.74) is 1.49. The Bertz CT molecular complexity index is 659. The van der Waals surface area contributed by atoms with Crippen LogP contribution in [0.4, 0.5) is 0 Å². The molecule has 5 nitrogen and oxygen atoms in total. The highest BCUT2D eigenvalue weighted by atomic mass is 16.5. The second-order valence-electron chi connectivity index (χ2n) is 4.81. The summed E-state index contributed by atoms with van der Waals surface area (Å²) in [5.74, 6) is -0.174. The van der Waals surface area contributed by atoms with Crippen molar-refractivity contribution in [3.05, 3.63) is 65.2 Å². The van der Waals surface area contributed by atoms with E-state index in [2.05, 4.69) is 0 Å². The van der Waals surface area contributed by atoms with Crippen LogP contribution in [0, 0.1) is 0 Å². The SMILES string of the molecule is CCOc1ccc(C(=O)COC(=O)c2ccc(CO)cc2)cc1. The van der Waals surface area contributed by atoms with Crippen molar-refractivity contribution in [3.8, 4) is 5.75 Å². The Balaban J connectivity index is 1.91. The standard InChI is InChI=1S/C18H18O5/c1-2-22-16-9-7-14(8-10-16)17(20)12-23-18(21)15-5-3-13(11-19)4-6-15/h3-10,19H,2,11-12H2,1H3. The third kappa shape index (κ3) is 4.66. The largest absolute Gasteiger partial charge is 0.494 e. The van der Waals surface area contributed by atoms with Crippen LogP contribution >= 0.6 is 0 Å². The first-order valence-corrected chi connectivity index (χ1v) is 7.27. The molecular formula is C18H18O5. The Morgan fingerprint density at radius 2 is 1.57 bits per heavy atom. The summed E-state index contributed by atoms with van der Waals surface area (Å²) in [5, 5.41) is 8.95. The van der Waals surface area contributed by atoms with Crippen molar-refractivity contribution in [3.63, 3.8) is 0 Å². The number of carbonyl (C=O) groups excluding carboxylic acids is 2. The first kappa shape index (κ1) is 16.7. The van der Waals surface area contributed by atoms with E-state index in [-0.39, 0.29) is 19.0 Å². The summed E-state index contributed by atoms with van der Waals surface area (Å²) in [4.78, 5) is 23.9. The molecule has 2 aromatic rings. The third-order valence-electron chi connectivity index (χ3n) is 3.19. The maximum absolute atomic E-state index is 12.0. The maximum Gasteiger partial charge on any atom is 0.338 e. The van der Waals surface area contributed by atoms with Gasteiger partial charge in [-0.25, -0.2) is 4.79 Å². The van der Waals surface area contributed by atoms with E-state index in [1.807, 2.05) is 6.92 Å². The Morgan fingerprint density at radius 3 is 2.13 bits per heavy atom. The van der Waals surface area contributed by atoms with Crippen LogP contribution in [-0.2, 0) is 11.3 Å². The van der Waals surface area contributed by atoms with E-state index in [1.165, 1.54) is 0 Å². The summed E-state index contributed by atoms with van der Waals surface area (Å²) >= 11 is 0. The average Bonchev–Trinajstić information content (AvgIpc) is 2.60. The van der Waals surface area contributed by atoms with Gasteiger partial charge in [0.15, 0.2) is 12.4 Å². The number of Topliss-reactive ketones (excluding diaryl/α,β-unsaturated/α-hetero) is 1. The zero-order chi connectivity index (χ0) is 16.7. The number of aliphatic hydroxyl groups is 1. The van der Waals surface area contributed by atoms with Crippen LogP contribution in [0.3, 0.4) is 0 Å². The van der Waals surface area contributed by atoms with Crippen molar-refractivity contribution in [1.82, 2.24) is 0 Å². The number of carbonyl (C=O) groups is 2. The fraction of sp³-hybridized carbons (Fsp3) is 0.222. The molecule has 0 fully saturated rings. The van der Waals surface area contributed by atoms with Crippen LogP contribution in [0.15, 0.2) is 48.5 Å². The molecule has 5 heteroatoms. The molecule has 0 unspecified atom stereocenters. The minimum atomic E-state index is -0.575. The van der Waals surface area contributed by atoms with E-state index in [1.54, 1.807) is 48.5 Å². The Kier molecular flexibility index (Phi) is 5.88. The van der Waals surface area contributed by atoms with Crippen LogP contribution in [0.5, 0.6) is 5.75 Å². The zero-order valence-corrected chi connectivity index (χ0v) is 12.8. The van der Waals surface area contributed by atoms with Crippen LogP contribution in [0.25, 0.3) is 0 Å². The predicted octanol–water partition coefficient (Wildman–Crippen LogP) is 2.62. The predicted molar refractivity (Wildman–Crippen MR) is 84.6 cm³/mol. The van der Waals surface area contributed by atoms with Crippen molar-refractivity contribution in [2.45, 2.75) is 13.5 Å². The van der Waals surface area contributed by atoms with E-state index in [4.69, 9.17) is 14.6 Å². The van der Waals surface area contributed by atoms with Gasteiger partial charge in [0.1, 0.15) is 5.75 Å². The van der Waals surface area contributed by atoms with Crippen molar-refractivity contribution < 1.29 is 24.2 Å². The van der Waals surface area contributed by atoms with Gasteiger partial charge < -0.3 is 14.6 Å². The molecule has 0 aliphatic rings. The fourth-order valence-corrected chi connectivity index (χ4v) is 1.95. The summed E-state index contributed by atoms with van der Waals surface area (Å²) in [7, 11) is 0. The molecule has 2 aromatic carbocycles. The molecule has 23 heavy (non-hydrogen) atoms. The highest BCUT2D eigenvalue weighted by molar-refractivity contribution is 5.99. The number of hydrogen-bond donors (Lipinski definition) is 1. The Hall–Kier alpha value is -2.66. The maximum atomic E-state index is 12.0. The number of benzene rings is 2. The lowest BCUT2D eigenvalue weighted by Gasteiger charge is -2.06. The molecule has 0 amide bonds. The lowest BCUT2D eigenvalue weighted by Crippen LogP contribution is -2.14. The molecule has 0 heterocycles. The molecule has 1 N–H and O–H groups in total. The van der Waals surface area contributed by atoms with Crippen molar-refractivity contribution in [2.75, 3.05) is 13.2 Å². The van der Waals surface area contributed by atoms with Gasteiger partial charge in [0.25, 0.3) is 0 Å².